The maximum atomic E-state index is 11.8. The van der Waals surface area contributed by atoms with Gasteiger partial charge in [-0.05, 0) is 24.3 Å². The van der Waals surface area contributed by atoms with Crippen LogP contribution in [0.1, 0.15) is 10.4 Å². The Labute approximate surface area is 106 Å². The van der Waals surface area contributed by atoms with Gasteiger partial charge in [-0.2, -0.15) is 13.2 Å². The molecule has 0 aliphatic heterocycles. The number of carbonyl (C=O) groups is 2. The van der Waals surface area contributed by atoms with Crippen LogP contribution in [0.15, 0.2) is 24.3 Å². The summed E-state index contributed by atoms with van der Waals surface area (Å²) in [6.45, 7) is -1.66. The Bertz CT molecular complexity index is 457. The normalized spacial score (nSPS) is 10.7. The molecule has 0 aliphatic rings. The molecule has 1 rings (SSSR count). The predicted octanol–water partition coefficient (Wildman–Crippen LogP) is 2.16. The lowest BCUT2D eigenvalue weighted by Crippen LogP contribution is -2.23. The van der Waals surface area contributed by atoms with Crippen molar-refractivity contribution in [3.8, 4) is 0 Å². The van der Waals surface area contributed by atoms with Gasteiger partial charge in [-0.25, -0.2) is 4.79 Å². The first-order valence-electron chi connectivity index (χ1n) is 5.14. The summed E-state index contributed by atoms with van der Waals surface area (Å²) < 4.78 is 39.3. The molecule has 0 saturated heterocycles. The minimum absolute atomic E-state index is 0.222. The number of alkyl halides is 3. The van der Waals surface area contributed by atoms with Crippen molar-refractivity contribution < 1.29 is 27.5 Å². The van der Waals surface area contributed by atoms with Gasteiger partial charge in [-0.15, -0.1) is 0 Å². The minimum atomic E-state index is -4.57. The molecule has 0 fully saturated rings. The number of hydrogen-bond acceptors (Lipinski definition) is 3. The van der Waals surface area contributed by atoms with Crippen molar-refractivity contribution in [2.45, 2.75) is 6.18 Å². The zero-order valence-electron chi connectivity index (χ0n) is 9.88. The zero-order chi connectivity index (χ0) is 14.5. The smallest absolute Gasteiger partial charge is 0.422 e. The first-order valence-corrected chi connectivity index (χ1v) is 5.14. The highest BCUT2D eigenvalue weighted by Gasteiger charge is 2.29. The van der Waals surface area contributed by atoms with Crippen molar-refractivity contribution in [3.05, 3.63) is 29.8 Å². The van der Waals surface area contributed by atoms with Crippen molar-refractivity contribution in [1.29, 1.82) is 0 Å². The third-order valence-electron chi connectivity index (χ3n) is 1.99. The second kappa shape index (κ2) is 6.07. The summed E-state index contributed by atoms with van der Waals surface area (Å²) in [5, 5.41) is 4.51. The maximum absolute atomic E-state index is 11.8. The van der Waals surface area contributed by atoms with Gasteiger partial charge >= 0.3 is 12.3 Å². The molecule has 0 aromatic heterocycles. The predicted molar refractivity (Wildman–Crippen MR) is 60.9 cm³/mol. The largest absolute Gasteiger partial charge is 0.440 e. The van der Waals surface area contributed by atoms with Crippen molar-refractivity contribution in [1.82, 2.24) is 5.32 Å². The SMILES string of the molecule is CNC(=O)c1ccc(NC(=O)OCC(F)(F)F)cc1. The van der Waals surface area contributed by atoms with Gasteiger partial charge in [0.05, 0.1) is 0 Å². The average molecular weight is 276 g/mol. The number of carbonyl (C=O) groups excluding carboxylic acids is 2. The van der Waals surface area contributed by atoms with Gasteiger partial charge < -0.3 is 10.1 Å². The molecule has 8 heteroatoms. The van der Waals surface area contributed by atoms with Crippen molar-refractivity contribution in [2.75, 3.05) is 19.0 Å². The van der Waals surface area contributed by atoms with E-state index in [4.69, 9.17) is 0 Å². The van der Waals surface area contributed by atoms with Gasteiger partial charge in [-0.1, -0.05) is 0 Å². The molecule has 2 amide bonds. The third-order valence-corrected chi connectivity index (χ3v) is 1.99. The number of benzene rings is 1. The Morgan fingerprint density at radius 2 is 1.79 bits per heavy atom. The van der Waals surface area contributed by atoms with Crippen LogP contribution in [0.5, 0.6) is 0 Å². The van der Waals surface area contributed by atoms with Crippen LogP contribution in [0.25, 0.3) is 0 Å². The van der Waals surface area contributed by atoms with Gasteiger partial charge in [0.2, 0.25) is 0 Å². The highest BCUT2D eigenvalue weighted by Crippen LogP contribution is 2.15. The van der Waals surface area contributed by atoms with E-state index in [1.54, 1.807) is 0 Å². The first-order chi connectivity index (χ1) is 8.81. The average Bonchev–Trinajstić information content (AvgIpc) is 2.35. The van der Waals surface area contributed by atoms with Gasteiger partial charge in [-0.3, -0.25) is 10.1 Å². The fourth-order valence-electron chi connectivity index (χ4n) is 1.15. The fraction of sp³-hybridized carbons (Fsp3) is 0.273. The van der Waals surface area contributed by atoms with E-state index in [0.29, 0.717) is 5.56 Å². The van der Waals surface area contributed by atoms with Crippen LogP contribution >= 0.6 is 0 Å². The van der Waals surface area contributed by atoms with Crippen molar-refractivity contribution >= 4 is 17.7 Å². The highest BCUT2D eigenvalue weighted by atomic mass is 19.4. The van der Waals surface area contributed by atoms with Crippen LogP contribution in [0.2, 0.25) is 0 Å². The van der Waals surface area contributed by atoms with E-state index >= 15 is 0 Å². The van der Waals surface area contributed by atoms with Gasteiger partial charge in [0.1, 0.15) is 0 Å². The van der Waals surface area contributed by atoms with Crippen LogP contribution in [-0.4, -0.2) is 31.8 Å². The standard InChI is InChI=1S/C11H11F3N2O3/c1-15-9(17)7-2-4-8(5-3-7)16-10(18)19-6-11(12,13)14/h2-5H,6H2,1H3,(H,15,17)(H,16,18). The van der Waals surface area contributed by atoms with E-state index in [1.165, 1.54) is 31.3 Å². The molecule has 0 heterocycles. The summed E-state index contributed by atoms with van der Waals surface area (Å²) in [5.74, 6) is -0.314. The second-order valence-electron chi connectivity index (χ2n) is 3.47. The van der Waals surface area contributed by atoms with Crippen LogP contribution in [-0.2, 0) is 4.74 Å². The summed E-state index contributed by atoms with van der Waals surface area (Å²) in [6, 6.07) is 5.58. The molecule has 19 heavy (non-hydrogen) atoms. The molecule has 0 bridgehead atoms. The van der Waals surface area contributed by atoms with Crippen molar-refractivity contribution in [3.63, 3.8) is 0 Å². The van der Waals surface area contributed by atoms with E-state index in [1.807, 2.05) is 0 Å². The third kappa shape index (κ3) is 5.28. The van der Waals surface area contributed by atoms with Crippen LogP contribution in [0, 0.1) is 0 Å². The van der Waals surface area contributed by atoms with Crippen LogP contribution < -0.4 is 10.6 Å². The second-order valence-corrected chi connectivity index (χ2v) is 3.47. The fourth-order valence-corrected chi connectivity index (χ4v) is 1.15. The quantitative estimate of drug-likeness (QED) is 0.889. The molecule has 0 unspecified atom stereocenters. The topological polar surface area (TPSA) is 67.4 Å². The summed E-state index contributed by atoms with van der Waals surface area (Å²) >= 11 is 0. The highest BCUT2D eigenvalue weighted by molar-refractivity contribution is 5.94. The minimum Gasteiger partial charge on any atom is -0.440 e. The lowest BCUT2D eigenvalue weighted by molar-refractivity contribution is -0.159. The molecule has 0 radical (unpaired) electrons. The van der Waals surface area contributed by atoms with E-state index in [-0.39, 0.29) is 11.6 Å². The molecule has 1 aromatic rings. The molecule has 1 aromatic carbocycles. The molecule has 0 saturated carbocycles. The Hall–Kier alpha value is -2.25. The number of hydrogen-bond donors (Lipinski definition) is 2. The molecule has 104 valence electrons. The number of halogens is 3. The van der Waals surface area contributed by atoms with Gasteiger partial charge in [0.15, 0.2) is 6.61 Å². The number of ether oxygens (including phenoxy) is 1. The van der Waals surface area contributed by atoms with E-state index in [9.17, 15) is 22.8 Å². The lowest BCUT2D eigenvalue weighted by atomic mass is 10.2. The van der Waals surface area contributed by atoms with E-state index in [2.05, 4.69) is 15.4 Å². The van der Waals surface area contributed by atoms with Crippen LogP contribution in [0.3, 0.4) is 0 Å². The molecular weight excluding hydrogens is 265 g/mol. The van der Waals surface area contributed by atoms with Crippen LogP contribution in [0.4, 0.5) is 23.7 Å². The molecule has 0 atom stereocenters. The van der Waals surface area contributed by atoms with Gasteiger partial charge in [0, 0.05) is 18.3 Å². The Morgan fingerprint density at radius 1 is 1.21 bits per heavy atom. The zero-order valence-corrected chi connectivity index (χ0v) is 9.88. The lowest BCUT2D eigenvalue weighted by Gasteiger charge is -2.09. The summed E-state index contributed by atoms with van der Waals surface area (Å²) in [4.78, 5) is 22.2. The van der Waals surface area contributed by atoms with E-state index < -0.39 is 18.9 Å². The molecule has 5 nitrogen and oxygen atoms in total. The summed E-state index contributed by atoms with van der Waals surface area (Å²) in [6.07, 6.45) is -5.79. The number of amides is 2. The number of nitrogens with one attached hydrogen (secondary N) is 2. The Balaban J connectivity index is 2.54. The molecule has 0 aliphatic carbocycles. The van der Waals surface area contributed by atoms with Gasteiger partial charge in [0.25, 0.3) is 5.91 Å². The summed E-state index contributed by atoms with van der Waals surface area (Å²) in [5.41, 5.74) is 0.580. The summed E-state index contributed by atoms with van der Waals surface area (Å²) in [7, 11) is 1.46. The molecule has 2 N–H and O–H groups in total. The number of rotatable bonds is 3. The monoisotopic (exact) mass is 276 g/mol. The first kappa shape index (κ1) is 14.8. The Kier molecular flexibility index (Phi) is 4.74. The number of anilines is 1. The molecular formula is C11H11F3N2O3. The van der Waals surface area contributed by atoms with E-state index in [0.717, 1.165) is 0 Å². The van der Waals surface area contributed by atoms with Crippen molar-refractivity contribution in [2.24, 2.45) is 0 Å². The molecule has 0 spiro atoms. The Morgan fingerprint density at radius 3 is 2.26 bits per heavy atom. The maximum Gasteiger partial charge on any atom is 0.422 e.